The number of nitrogens with zero attached hydrogens (tertiary/aromatic N) is 4. The number of thiazole rings is 1. The van der Waals surface area contributed by atoms with Crippen molar-refractivity contribution in [1.29, 1.82) is 0 Å². The summed E-state index contributed by atoms with van der Waals surface area (Å²) in [5, 5.41) is 7.46. The summed E-state index contributed by atoms with van der Waals surface area (Å²) in [6.07, 6.45) is 5.66. The third-order valence-corrected chi connectivity index (χ3v) is 4.73. The number of benzene rings is 1. The van der Waals surface area contributed by atoms with Crippen LogP contribution in [-0.4, -0.2) is 26.7 Å². The van der Waals surface area contributed by atoms with Crippen LogP contribution in [0.5, 0.6) is 0 Å². The summed E-state index contributed by atoms with van der Waals surface area (Å²) in [7, 11) is 2.09. The van der Waals surface area contributed by atoms with Crippen LogP contribution in [0.25, 0.3) is 16.5 Å². The Morgan fingerprint density at radius 1 is 1.12 bits per heavy atom. The molecule has 0 aliphatic heterocycles. The first kappa shape index (κ1) is 15.8. The van der Waals surface area contributed by atoms with Gasteiger partial charge in [0.2, 0.25) is 0 Å². The van der Waals surface area contributed by atoms with Gasteiger partial charge in [0.25, 0.3) is 0 Å². The lowest BCUT2D eigenvalue weighted by molar-refractivity contribution is 0.316. The molecule has 6 heteroatoms. The number of para-hydroxylation sites is 1. The van der Waals surface area contributed by atoms with Crippen molar-refractivity contribution in [2.24, 2.45) is 0 Å². The Labute approximate surface area is 150 Å². The van der Waals surface area contributed by atoms with Crippen molar-refractivity contribution in [3.8, 4) is 16.5 Å². The summed E-state index contributed by atoms with van der Waals surface area (Å²) in [5.74, 6) is 0.822. The fourth-order valence-electron chi connectivity index (χ4n) is 2.70. The Morgan fingerprint density at radius 2 is 2.00 bits per heavy atom. The summed E-state index contributed by atoms with van der Waals surface area (Å²) < 4.78 is 7.31. The van der Waals surface area contributed by atoms with Crippen LogP contribution in [0.4, 0.5) is 0 Å². The van der Waals surface area contributed by atoms with E-state index in [0.29, 0.717) is 0 Å². The van der Waals surface area contributed by atoms with Gasteiger partial charge >= 0.3 is 0 Å². The molecule has 126 valence electrons. The van der Waals surface area contributed by atoms with E-state index in [1.165, 1.54) is 5.56 Å². The SMILES string of the molecule is CN(Cc1cnn(-c2ccccc2)c1)Cc1csc(-c2ccco2)n1. The Morgan fingerprint density at radius 3 is 2.80 bits per heavy atom. The normalized spacial score (nSPS) is 11.3. The summed E-state index contributed by atoms with van der Waals surface area (Å²) in [4.78, 5) is 6.88. The van der Waals surface area contributed by atoms with E-state index in [1.807, 2.05) is 53.3 Å². The molecule has 0 spiro atoms. The lowest BCUT2D eigenvalue weighted by Gasteiger charge is -2.13. The molecule has 4 rings (SSSR count). The highest BCUT2D eigenvalue weighted by Gasteiger charge is 2.10. The smallest absolute Gasteiger partial charge is 0.162 e. The van der Waals surface area contributed by atoms with Crippen molar-refractivity contribution in [3.63, 3.8) is 0 Å². The lowest BCUT2D eigenvalue weighted by Crippen LogP contribution is -2.17. The van der Waals surface area contributed by atoms with Crippen LogP contribution in [0.3, 0.4) is 0 Å². The number of aromatic nitrogens is 3. The highest BCUT2D eigenvalue weighted by atomic mass is 32.1. The van der Waals surface area contributed by atoms with E-state index in [-0.39, 0.29) is 0 Å². The Balaban J connectivity index is 1.39. The Bertz CT molecular complexity index is 927. The summed E-state index contributed by atoms with van der Waals surface area (Å²) >= 11 is 1.61. The average Bonchev–Trinajstić information content (AvgIpc) is 3.37. The highest BCUT2D eigenvalue weighted by molar-refractivity contribution is 7.13. The molecule has 0 unspecified atom stereocenters. The number of rotatable bonds is 6. The first-order valence-corrected chi connectivity index (χ1v) is 8.92. The molecule has 3 heterocycles. The molecule has 5 nitrogen and oxygen atoms in total. The van der Waals surface area contributed by atoms with E-state index in [9.17, 15) is 0 Å². The van der Waals surface area contributed by atoms with Gasteiger partial charge in [-0.3, -0.25) is 4.90 Å². The highest BCUT2D eigenvalue weighted by Crippen LogP contribution is 2.24. The van der Waals surface area contributed by atoms with E-state index >= 15 is 0 Å². The van der Waals surface area contributed by atoms with Gasteiger partial charge < -0.3 is 4.42 Å². The minimum absolute atomic E-state index is 0.785. The van der Waals surface area contributed by atoms with Gasteiger partial charge in [-0.2, -0.15) is 5.10 Å². The second kappa shape index (κ2) is 7.04. The number of hydrogen-bond acceptors (Lipinski definition) is 5. The van der Waals surface area contributed by atoms with Crippen LogP contribution in [0.2, 0.25) is 0 Å². The predicted molar refractivity (Wildman–Crippen MR) is 98.6 cm³/mol. The van der Waals surface area contributed by atoms with Crippen molar-refractivity contribution in [1.82, 2.24) is 19.7 Å². The van der Waals surface area contributed by atoms with Crippen molar-refractivity contribution < 1.29 is 4.42 Å². The first-order valence-electron chi connectivity index (χ1n) is 8.04. The van der Waals surface area contributed by atoms with Gasteiger partial charge in [0.1, 0.15) is 0 Å². The number of hydrogen-bond donors (Lipinski definition) is 0. The zero-order valence-electron chi connectivity index (χ0n) is 13.9. The third kappa shape index (κ3) is 3.70. The molecular formula is C19H18N4OS. The van der Waals surface area contributed by atoms with Crippen molar-refractivity contribution in [2.75, 3.05) is 7.05 Å². The molecule has 0 atom stereocenters. The summed E-state index contributed by atoms with van der Waals surface area (Å²) in [5.41, 5.74) is 3.29. The van der Waals surface area contributed by atoms with Crippen LogP contribution in [0.1, 0.15) is 11.3 Å². The van der Waals surface area contributed by atoms with Crippen LogP contribution in [-0.2, 0) is 13.1 Å². The fourth-order valence-corrected chi connectivity index (χ4v) is 3.48. The minimum Gasteiger partial charge on any atom is -0.462 e. The zero-order chi connectivity index (χ0) is 17.1. The van der Waals surface area contributed by atoms with E-state index < -0.39 is 0 Å². The van der Waals surface area contributed by atoms with Gasteiger partial charge in [-0.1, -0.05) is 18.2 Å². The molecule has 0 bridgehead atoms. The Hall–Kier alpha value is -2.70. The summed E-state index contributed by atoms with van der Waals surface area (Å²) in [6, 6.07) is 13.9. The van der Waals surface area contributed by atoms with Gasteiger partial charge in [0, 0.05) is 30.2 Å². The van der Waals surface area contributed by atoms with E-state index in [2.05, 4.69) is 33.6 Å². The first-order chi connectivity index (χ1) is 12.3. The molecular weight excluding hydrogens is 332 g/mol. The van der Waals surface area contributed by atoms with Gasteiger partial charge in [-0.25, -0.2) is 9.67 Å². The molecule has 3 aromatic heterocycles. The number of furan rings is 1. The molecule has 0 saturated heterocycles. The molecule has 0 saturated carbocycles. The van der Waals surface area contributed by atoms with Crippen molar-refractivity contribution in [3.05, 3.63) is 77.8 Å². The maximum absolute atomic E-state index is 5.40. The van der Waals surface area contributed by atoms with Crippen LogP contribution in [0.15, 0.2) is 70.9 Å². The third-order valence-electron chi connectivity index (χ3n) is 3.82. The summed E-state index contributed by atoms with van der Waals surface area (Å²) in [6.45, 7) is 1.61. The largest absolute Gasteiger partial charge is 0.462 e. The zero-order valence-corrected chi connectivity index (χ0v) is 14.7. The molecule has 0 amide bonds. The van der Waals surface area contributed by atoms with Crippen LogP contribution < -0.4 is 0 Å². The second-order valence-electron chi connectivity index (χ2n) is 5.92. The molecule has 0 radical (unpaired) electrons. The second-order valence-corrected chi connectivity index (χ2v) is 6.78. The quantitative estimate of drug-likeness (QED) is 0.522. The minimum atomic E-state index is 0.785. The van der Waals surface area contributed by atoms with Crippen molar-refractivity contribution >= 4 is 11.3 Å². The molecule has 0 fully saturated rings. The van der Waals surface area contributed by atoms with E-state index in [1.54, 1.807) is 17.6 Å². The van der Waals surface area contributed by atoms with Crippen LogP contribution in [0, 0.1) is 0 Å². The van der Waals surface area contributed by atoms with Gasteiger partial charge in [0.05, 0.1) is 23.8 Å². The van der Waals surface area contributed by atoms with Crippen molar-refractivity contribution in [2.45, 2.75) is 13.1 Å². The molecule has 0 N–H and O–H groups in total. The van der Waals surface area contributed by atoms with Gasteiger partial charge in [0.15, 0.2) is 10.8 Å². The molecule has 1 aromatic carbocycles. The Kier molecular flexibility index (Phi) is 4.45. The van der Waals surface area contributed by atoms with E-state index in [0.717, 1.165) is 35.2 Å². The molecule has 4 aromatic rings. The maximum Gasteiger partial charge on any atom is 0.162 e. The van der Waals surface area contributed by atoms with Gasteiger partial charge in [-0.05, 0) is 31.3 Å². The molecule has 0 aliphatic carbocycles. The monoisotopic (exact) mass is 350 g/mol. The van der Waals surface area contributed by atoms with Gasteiger partial charge in [-0.15, -0.1) is 11.3 Å². The van der Waals surface area contributed by atoms with E-state index in [4.69, 9.17) is 4.42 Å². The van der Waals surface area contributed by atoms with Crippen LogP contribution >= 0.6 is 11.3 Å². The topological polar surface area (TPSA) is 47.1 Å². The molecule has 25 heavy (non-hydrogen) atoms. The standard InChI is InChI=1S/C19H18N4OS/c1-22(13-16-14-25-19(21-16)18-8-5-9-24-18)11-15-10-20-23(12-15)17-6-3-2-4-7-17/h2-10,12,14H,11,13H2,1H3. The average molecular weight is 350 g/mol. The molecule has 0 aliphatic rings. The lowest BCUT2D eigenvalue weighted by atomic mass is 10.3. The maximum atomic E-state index is 5.40. The fraction of sp³-hybridized carbons (Fsp3) is 0.158. The predicted octanol–water partition coefficient (Wildman–Crippen LogP) is 4.22.